The number of anilines is 1. The van der Waals surface area contributed by atoms with E-state index in [1.165, 1.54) is 39.1 Å². The molecule has 6 heteroatoms. The molecule has 0 spiro atoms. The maximum Gasteiger partial charge on any atom is 0.259 e. The second kappa shape index (κ2) is 7.71. The predicted octanol–water partition coefficient (Wildman–Crippen LogP) is 5.01. The van der Waals surface area contributed by atoms with Gasteiger partial charge in [0.25, 0.3) is 5.56 Å². The lowest BCUT2D eigenvalue weighted by molar-refractivity contribution is -0.116. The zero-order chi connectivity index (χ0) is 21.7. The highest BCUT2D eigenvalue weighted by atomic mass is 32.1. The van der Waals surface area contributed by atoms with Crippen LogP contribution in [0.5, 0.6) is 0 Å². The van der Waals surface area contributed by atoms with Gasteiger partial charge >= 0.3 is 0 Å². The molecule has 2 aliphatic carbocycles. The fraction of sp³-hybridized carbons (Fsp3) is 0.269. The highest BCUT2D eigenvalue weighted by Gasteiger charge is 2.20. The number of thiophene rings is 1. The third-order valence-corrected chi connectivity index (χ3v) is 7.73. The van der Waals surface area contributed by atoms with Crippen LogP contribution in [0.2, 0.25) is 0 Å². The van der Waals surface area contributed by atoms with Gasteiger partial charge in [0.05, 0.1) is 5.39 Å². The van der Waals surface area contributed by atoms with Crippen molar-refractivity contribution in [1.29, 1.82) is 0 Å². The van der Waals surface area contributed by atoms with Gasteiger partial charge in [0.1, 0.15) is 10.7 Å². The number of aromatic amines is 1. The number of nitrogens with one attached hydrogen (secondary N) is 2. The van der Waals surface area contributed by atoms with E-state index in [1.807, 2.05) is 6.07 Å². The van der Waals surface area contributed by atoms with Crippen LogP contribution in [0.15, 0.2) is 47.3 Å². The van der Waals surface area contributed by atoms with Crippen LogP contribution >= 0.6 is 11.3 Å². The Labute approximate surface area is 189 Å². The second-order valence-electron chi connectivity index (χ2n) is 8.66. The summed E-state index contributed by atoms with van der Waals surface area (Å²) >= 11 is 1.64. The largest absolute Gasteiger partial charge is 0.326 e. The Balaban J connectivity index is 1.15. The van der Waals surface area contributed by atoms with Gasteiger partial charge in [-0.1, -0.05) is 30.3 Å². The van der Waals surface area contributed by atoms with E-state index in [0.717, 1.165) is 41.6 Å². The Hall–Kier alpha value is -3.25. The molecule has 5 nitrogen and oxygen atoms in total. The lowest BCUT2D eigenvalue weighted by Crippen LogP contribution is -2.16. The Morgan fingerprint density at radius 1 is 1.06 bits per heavy atom. The number of benzene rings is 2. The molecule has 6 rings (SSSR count). The van der Waals surface area contributed by atoms with Gasteiger partial charge in [-0.25, -0.2) is 4.98 Å². The van der Waals surface area contributed by atoms with E-state index in [2.05, 4.69) is 51.7 Å². The van der Waals surface area contributed by atoms with Crippen molar-refractivity contribution in [2.24, 2.45) is 0 Å². The topological polar surface area (TPSA) is 74.8 Å². The van der Waals surface area contributed by atoms with E-state index in [0.29, 0.717) is 12.2 Å². The number of hydrogen-bond acceptors (Lipinski definition) is 4. The molecular formula is C26H23N3O2S. The molecule has 2 heterocycles. The zero-order valence-corrected chi connectivity index (χ0v) is 18.5. The van der Waals surface area contributed by atoms with Crippen LogP contribution in [0.4, 0.5) is 5.69 Å². The fourth-order valence-corrected chi connectivity index (χ4v) is 6.29. The molecule has 2 N–H and O–H groups in total. The third kappa shape index (κ3) is 3.35. The van der Waals surface area contributed by atoms with Gasteiger partial charge < -0.3 is 10.3 Å². The van der Waals surface area contributed by atoms with E-state index in [9.17, 15) is 9.59 Å². The summed E-state index contributed by atoms with van der Waals surface area (Å²) in [6.07, 6.45) is 5.90. The van der Waals surface area contributed by atoms with E-state index in [-0.39, 0.29) is 17.9 Å². The van der Waals surface area contributed by atoms with E-state index < -0.39 is 0 Å². The van der Waals surface area contributed by atoms with Crippen LogP contribution in [0.25, 0.3) is 21.3 Å². The number of rotatable bonds is 4. The van der Waals surface area contributed by atoms with Gasteiger partial charge in [-0.2, -0.15) is 0 Å². The summed E-state index contributed by atoms with van der Waals surface area (Å²) in [5.41, 5.74) is 7.02. The molecule has 0 fully saturated rings. The van der Waals surface area contributed by atoms with Crippen molar-refractivity contribution < 1.29 is 4.79 Å². The normalized spacial score (nSPS) is 14.1. The monoisotopic (exact) mass is 441 g/mol. The molecule has 2 aliphatic rings. The molecule has 4 aromatic rings. The highest BCUT2D eigenvalue weighted by molar-refractivity contribution is 7.18. The standard InChI is InChI=1S/C26H23N3O2S/c30-23(27-17-9-10-19-16(14-17)13-15-5-1-2-6-18(15)19)12-11-22-28-25(31)24-20-7-3-4-8-21(20)32-26(24)29-22/h1-2,5-6,9-10,14H,3-4,7-8,11-13H2,(H,27,30)(H,28,29,31). The first-order valence-corrected chi connectivity index (χ1v) is 12.0. The van der Waals surface area contributed by atoms with Crippen LogP contribution in [0.1, 0.15) is 46.7 Å². The summed E-state index contributed by atoms with van der Waals surface area (Å²) < 4.78 is 0. The molecule has 2 aromatic heterocycles. The quantitative estimate of drug-likeness (QED) is 0.412. The minimum atomic E-state index is -0.0753. The molecular weight excluding hydrogens is 418 g/mol. The van der Waals surface area contributed by atoms with E-state index in [1.54, 1.807) is 11.3 Å². The van der Waals surface area contributed by atoms with Gasteiger partial charge in [-0.05, 0) is 72.1 Å². The summed E-state index contributed by atoms with van der Waals surface area (Å²) in [5, 5.41) is 3.77. The number of nitrogens with zero attached hydrogens (tertiary/aromatic N) is 1. The van der Waals surface area contributed by atoms with Crippen molar-refractivity contribution >= 4 is 33.1 Å². The average Bonchev–Trinajstić information content (AvgIpc) is 3.35. The number of hydrogen-bond donors (Lipinski definition) is 2. The Bertz CT molecular complexity index is 1430. The number of H-pyrrole nitrogens is 1. The predicted molar refractivity (Wildman–Crippen MR) is 129 cm³/mol. The first-order valence-electron chi connectivity index (χ1n) is 11.2. The van der Waals surface area contributed by atoms with E-state index >= 15 is 0 Å². The van der Waals surface area contributed by atoms with Crippen LogP contribution < -0.4 is 10.9 Å². The van der Waals surface area contributed by atoms with Crippen LogP contribution in [0, 0.1) is 0 Å². The lowest BCUT2D eigenvalue weighted by Gasteiger charge is -2.09. The zero-order valence-electron chi connectivity index (χ0n) is 17.7. The fourth-order valence-electron chi connectivity index (χ4n) is 5.01. The van der Waals surface area contributed by atoms with Crippen molar-refractivity contribution in [2.75, 3.05) is 5.32 Å². The Morgan fingerprint density at radius 2 is 1.91 bits per heavy atom. The summed E-state index contributed by atoms with van der Waals surface area (Å²) in [6.45, 7) is 0. The van der Waals surface area contributed by atoms with Crippen molar-refractivity contribution in [3.05, 3.63) is 80.2 Å². The second-order valence-corrected chi connectivity index (χ2v) is 9.74. The van der Waals surface area contributed by atoms with Crippen molar-refractivity contribution in [3.8, 4) is 11.1 Å². The highest BCUT2D eigenvalue weighted by Crippen LogP contribution is 2.37. The molecule has 0 unspecified atom stereocenters. The first-order chi connectivity index (χ1) is 15.7. The summed E-state index contributed by atoms with van der Waals surface area (Å²) in [5.74, 6) is 0.509. The van der Waals surface area contributed by atoms with Crippen LogP contribution in [0.3, 0.4) is 0 Å². The summed E-state index contributed by atoms with van der Waals surface area (Å²) in [7, 11) is 0. The van der Waals surface area contributed by atoms with Crippen LogP contribution in [-0.2, 0) is 30.5 Å². The van der Waals surface area contributed by atoms with Gasteiger partial charge in [-0.15, -0.1) is 11.3 Å². The van der Waals surface area contributed by atoms with Crippen LogP contribution in [-0.4, -0.2) is 15.9 Å². The average molecular weight is 442 g/mol. The maximum atomic E-state index is 12.7. The molecule has 0 saturated heterocycles. The number of carbonyl (C=O) groups is 1. The number of aromatic nitrogens is 2. The first kappa shape index (κ1) is 19.4. The van der Waals surface area contributed by atoms with Gasteiger partial charge in [0.15, 0.2) is 0 Å². The number of amides is 1. The lowest BCUT2D eigenvalue weighted by atomic mass is 9.97. The minimum absolute atomic E-state index is 0.0667. The third-order valence-electron chi connectivity index (χ3n) is 6.54. The summed E-state index contributed by atoms with van der Waals surface area (Å²) in [6, 6.07) is 14.5. The number of aryl methyl sites for hydroxylation is 3. The molecule has 0 radical (unpaired) electrons. The molecule has 160 valence electrons. The van der Waals surface area contributed by atoms with E-state index in [4.69, 9.17) is 0 Å². The van der Waals surface area contributed by atoms with Crippen molar-refractivity contribution in [2.45, 2.75) is 44.9 Å². The Morgan fingerprint density at radius 3 is 2.84 bits per heavy atom. The molecule has 1 amide bonds. The van der Waals surface area contributed by atoms with Gasteiger partial charge in [0, 0.05) is 23.4 Å². The molecule has 0 atom stereocenters. The summed E-state index contributed by atoms with van der Waals surface area (Å²) in [4.78, 5) is 35.0. The van der Waals surface area contributed by atoms with Crippen molar-refractivity contribution in [1.82, 2.24) is 9.97 Å². The van der Waals surface area contributed by atoms with Crippen molar-refractivity contribution in [3.63, 3.8) is 0 Å². The smallest absolute Gasteiger partial charge is 0.259 e. The SMILES string of the molecule is O=C(CCc1nc2sc3c(c2c(=O)[nH]1)CCCC3)Nc1ccc2c(c1)Cc1ccccc1-2. The Kier molecular flexibility index (Phi) is 4.68. The van der Waals surface area contributed by atoms with Gasteiger partial charge in [0.2, 0.25) is 5.91 Å². The minimum Gasteiger partial charge on any atom is -0.326 e. The number of carbonyl (C=O) groups excluding carboxylic acids is 1. The maximum absolute atomic E-state index is 12.7. The molecule has 0 aliphatic heterocycles. The molecule has 0 saturated carbocycles. The molecule has 0 bridgehead atoms. The molecule has 32 heavy (non-hydrogen) atoms. The molecule has 2 aromatic carbocycles. The number of fused-ring (bicyclic) bond motifs is 6. The van der Waals surface area contributed by atoms with Gasteiger partial charge in [-0.3, -0.25) is 9.59 Å².